The molecule has 0 aliphatic heterocycles. The van der Waals surface area contributed by atoms with E-state index in [9.17, 15) is 4.79 Å². The van der Waals surface area contributed by atoms with Crippen LogP contribution in [0.15, 0.2) is 66.9 Å². The van der Waals surface area contributed by atoms with Gasteiger partial charge in [-0.1, -0.05) is 29.8 Å². The number of amides is 1. The van der Waals surface area contributed by atoms with Crippen LogP contribution in [-0.2, 0) is 11.2 Å². The fourth-order valence-corrected chi connectivity index (χ4v) is 2.48. The van der Waals surface area contributed by atoms with Gasteiger partial charge in [0, 0.05) is 10.7 Å². The molecule has 1 amide bonds. The molecule has 128 valence electrons. The molecule has 26 heavy (non-hydrogen) atoms. The number of pyridine rings is 1. The van der Waals surface area contributed by atoms with Crippen molar-refractivity contribution in [2.75, 3.05) is 10.6 Å². The molecule has 0 radical (unpaired) electrons. The van der Waals surface area contributed by atoms with Gasteiger partial charge in [-0.2, -0.15) is 5.26 Å². The number of aromatic nitrogens is 1. The van der Waals surface area contributed by atoms with Crippen LogP contribution in [0.5, 0.6) is 0 Å². The molecule has 5 nitrogen and oxygen atoms in total. The van der Waals surface area contributed by atoms with Gasteiger partial charge < -0.3 is 10.6 Å². The lowest BCUT2D eigenvalue weighted by Crippen LogP contribution is -2.15. The Morgan fingerprint density at radius 2 is 1.88 bits per heavy atom. The fourth-order valence-electron chi connectivity index (χ4n) is 2.35. The van der Waals surface area contributed by atoms with Crippen LogP contribution >= 0.6 is 11.6 Å². The Hall–Kier alpha value is -3.36. The van der Waals surface area contributed by atoms with Crippen molar-refractivity contribution in [2.45, 2.75) is 6.42 Å². The summed E-state index contributed by atoms with van der Waals surface area (Å²) in [5, 5.41) is 15.5. The van der Waals surface area contributed by atoms with E-state index in [1.165, 1.54) is 0 Å². The van der Waals surface area contributed by atoms with Gasteiger partial charge in [-0.15, -0.1) is 0 Å². The lowest BCUT2D eigenvalue weighted by Gasteiger charge is -2.08. The number of carbonyl (C=O) groups is 1. The van der Waals surface area contributed by atoms with Crippen molar-refractivity contribution >= 4 is 34.7 Å². The van der Waals surface area contributed by atoms with Gasteiger partial charge >= 0.3 is 0 Å². The summed E-state index contributed by atoms with van der Waals surface area (Å²) < 4.78 is 0. The molecule has 0 aliphatic carbocycles. The monoisotopic (exact) mass is 362 g/mol. The molecular formula is C20H15ClN4O. The maximum Gasteiger partial charge on any atom is 0.229 e. The highest BCUT2D eigenvalue weighted by Crippen LogP contribution is 2.18. The van der Waals surface area contributed by atoms with E-state index in [1.54, 1.807) is 42.6 Å². The quantitative estimate of drug-likeness (QED) is 0.698. The number of nitrogens with zero attached hydrogens (tertiary/aromatic N) is 2. The minimum atomic E-state index is -0.151. The number of nitrogens with one attached hydrogen (secondary N) is 2. The number of rotatable bonds is 5. The molecule has 3 rings (SSSR count). The molecule has 0 unspecified atom stereocenters. The second-order valence-electron chi connectivity index (χ2n) is 5.60. The van der Waals surface area contributed by atoms with E-state index in [1.807, 2.05) is 24.3 Å². The zero-order valence-corrected chi connectivity index (χ0v) is 14.5. The van der Waals surface area contributed by atoms with Gasteiger partial charge in [-0.05, 0) is 48.0 Å². The van der Waals surface area contributed by atoms with E-state index in [-0.39, 0.29) is 12.3 Å². The van der Waals surface area contributed by atoms with E-state index in [0.717, 1.165) is 16.9 Å². The standard InChI is InChI=1S/C20H15ClN4O/c21-16-6-4-14(5-7-16)11-20(26)25-19-9-8-18(13-23-19)24-17-3-1-2-15(10-17)12-22/h1-10,13,24H,11H2,(H,23,25,26). The van der Waals surface area contributed by atoms with Gasteiger partial charge in [0.25, 0.3) is 0 Å². The first-order chi connectivity index (χ1) is 12.6. The summed E-state index contributed by atoms with van der Waals surface area (Å²) in [6.45, 7) is 0. The van der Waals surface area contributed by atoms with Crippen LogP contribution in [0.3, 0.4) is 0 Å². The molecular weight excluding hydrogens is 348 g/mol. The average Bonchev–Trinajstić information content (AvgIpc) is 2.65. The van der Waals surface area contributed by atoms with E-state index in [4.69, 9.17) is 16.9 Å². The minimum absolute atomic E-state index is 0.151. The number of hydrogen-bond acceptors (Lipinski definition) is 4. The van der Waals surface area contributed by atoms with Gasteiger partial charge in [-0.25, -0.2) is 4.98 Å². The lowest BCUT2D eigenvalue weighted by atomic mass is 10.1. The highest BCUT2D eigenvalue weighted by atomic mass is 35.5. The van der Waals surface area contributed by atoms with Gasteiger partial charge in [-0.3, -0.25) is 4.79 Å². The maximum atomic E-state index is 12.1. The van der Waals surface area contributed by atoms with Crippen molar-refractivity contribution in [1.82, 2.24) is 4.98 Å². The first kappa shape index (κ1) is 17.5. The Bertz CT molecular complexity index is 947. The van der Waals surface area contributed by atoms with Gasteiger partial charge in [0.05, 0.1) is 29.9 Å². The third-order valence-corrected chi connectivity index (χ3v) is 3.84. The van der Waals surface area contributed by atoms with Crippen molar-refractivity contribution in [3.05, 3.63) is 83.0 Å². The van der Waals surface area contributed by atoms with Crippen molar-refractivity contribution < 1.29 is 4.79 Å². The Morgan fingerprint density at radius 3 is 2.58 bits per heavy atom. The number of nitriles is 1. The molecule has 0 atom stereocenters. The molecule has 2 aromatic carbocycles. The smallest absolute Gasteiger partial charge is 0.229 e. The number of halogens is 1. The van der Waals surface area contributed by atoms with Gasteiger partial charge in [0.15, 0.2) is 0 Å². The first-order valence-electron chi connectivity index (χ1n) is 7.90. The number of benzene rings is 2. The Balaban J connectivity index is 1.59. The highest BCUT2D eigenvalue weighted by Gasteiger charge is 2.05. The van der Waals surface area contributed by atoms with Crippen molar-refractivity contribution in [2.24, 2.45) is 0 Å². The molecule has 1 aromatic heterocycles. The highest BCUT2D eigenvalue weighted by molar-refractivity contribution is 6.30. The van der Waals surface area contributed by atoms with Crippen LogP contribution in [0.4, 0.5) is 17.2 Å². The summed E-state index contributed by atoms with van der Waals surface area (Å²) >= 11 is 5.84. The van der Waals surface area contributed by atoms with E-state index >= 15 is 0 Å². The van der Waals surface area contributed by atoms with Crippen LogP contribution in [-0.4, -0.2) is 10.9 Å². The molecule has 1 heterocycles. The summed E-state index contributed by atoms with van der Waals surface area (Å²) in [6.07, 6.45) is 1.87. The van der Waals surface area contributed by atoms with Crippen LogP contribution in [0.2, 0.25) is 5.02 Å². The Morgan fingerprint density at radius 1 is 1.08 bits per heavy atom. The van der Waals surface area contributed by atoms with Gasteiger partial charge in [0.2, 0.25) is 5.91 Å². The molecule has 0 fully saturated rings. The van der Waals surface area contributed by atoms with Crippen molar-refractivity contribution in [3.63, 3.8) is 0 Å². The lowest BCUT2D eigenvalue weighted by molar-refractivity contribution is -0.115. The number of hydrogen-bond donors (Lipinski definition) is 2. The average molecular weight is 363 g/mol. The van der Waals surface area contributed by atoms with Crippen LogP contribution in [0.1, 0.15) is 11.1 Å². The Labute approximate surface area is 156 Å². The topological polar surface area (TPSA) is 77.8 Å². The van der Waals surface area contributed by atoms with Crippen LogP contribution in [0.25, 0.3) is 0 Å². The number of carbonyl (C=O) groups excluding carboxylic acids is 1. The van der Waals surface area contributed by atoms with Crippen molar-refractivity contribution in [1.29, 1.82) is 5.26 Å². The zero-order valence-electron chi connectivity index (χ0n) is 13.7. The third-order valence-electron chi connectivity index (χ3n) is 3.59. The SMILES string of the molecule is N#Cc1cccc(Nc2ccc(NC(=O)Cc3ccc(Cl)cc3)nc2)c1. The van der Waals surface area contributed by atoms with Crippen molar-refractivity contribution in [3.8, 4) is 6.07 Å². The molecule has 6 heteroatoms. The van der Waals surface area contributed by atoms with Crippen LogP contribution < -0.4 is 10.6 Å². The maximum absolute atomic E-state index is 12.1. The largest absolute Gasteiger partial charge is 0.354 e. The van der Waals surface area contributed by atoms with E-state index < -0.39 is 0 Å². The molecule has 0 aliphatic rings. The second-order valence-corrected chi connectivity index (χ2v) is 6.04. The molecule has 0 spiro atoms. The van der Waals surface area contributed by atoms with E-state index in [0.29, 0.717) is 16.4 Å². The second kappa shape index (κ2) is 8.15. The summed E-state index contributed by atoms with van der Waals surface area (Å²) in [5.41, 5.74) is 3.01. The molecule has 2 N–H and O–H groups in total. The minimum Gasteiger partial charge on any atom is -0.354 e. The molecule has 3 aromatic rings. The summed E-state index contributed by atoms with van der Waals surface area (Å²) in [6, 6.07) is 19.9. The fraction of sp³-hybridized carbons (Fsp3) is 0.0500. The van der Waals surface area contributed by atoms with Gasteiger partial charge in [0.1, 0.15) is 5.82 Å². The first-order valence-corrected chi connectivity index (χ1v) is 8.28. The van der Waals surface area contributed by atoms with E-state index in [2.05, 4.69) is 21.7 Å². The predicted octanol–water partition coefficient (Wildman–Crippen LogP) is 4.53. The zero-order chi connectivity index (χ0) is 18.4. The predicted molar refractivity (Wildman–Crippen MR) is 102 cm³/mol. The summed E-state index contributed by atoms with van der Waals surface area (Å²) in [7, 11) is 0. The molecule has 0 saturated heterocycles. The number of anilines is 3. The summed E-state index contributed by atoms with van der Waals surface area (Å²) in [4.78, 5) is 16.3. The molecule has 0 saturated carbocycles. The van der Waals surface area contributed by atoms with Crippen LogP contribution in [0, 0.1) is 11.3 Å². The Kier molecular flexibility index (Phi) is 5.47. The molecule has 0 bridgehead atoms. The third kappa shape index (κ3) is 4.82. The normalized spacial score (nSPS) is 10.0. The summed E-state index contributed by atoms with van der Waals surface area (Å²) in [5.74, 6) is 0.322.